The van der Waals surface area contributed by atoms with Crippen LogP contribution in [-0.2, 0) is 13.1 Å². The highest BCUT2D eigenvalue weighted by Gasteiger charge is 2.26. The van der Waals surface area contributed by atoms with Crippen molar-refractivity contribution in [3.05, 3.63) is 79.6 Å². The number of halogens is 1. The zero-order valence-corrected chi connectivity index (χ0v) is 16.0. The zero-order valence-electron chi connectivity index (χ0n) is 14.4. The second-order valence-electron chi connectivity index (χ2n) is 6.33. The molecule has 1 aliphatic rings. The number of hydrogen-bond donors (Lipinski definition) is 3. The van der Waals surface area contributed by atoms with Crippen LogP contribution in [0.15, 0.2) is 53.6 Å². The Morgan fingerprint density at radius 3 is 2.96 bits per heavy atom. The first-order chi connectivity index (χ1) is 13.2. The summed E-state index contributed by atoms with van der Waals surface area (Å²) in [5.41, 5.74) is 7.91. The van der Waals surface area contributed by atoms with Crippen LogP contribution in [0.5, 0.6) is 0 Å². The molecule has 9 heteroatoms. The maximum absolute atomic E-state index is 12.9. The fourth-order valence-corrected chi connectivity index (χ4v) is 4.14. The molecule has 2 atom stereocenters. The highest BCUT2D eigenvalue weighted by atomic mass is 35.5. The Balaban J connectivity index is 1.41. The fraction of sp³-hybridized carbons (Fsp3) is 0.278. The van der Waals surface area contributed by atoms with Gasteiger partial charge in [-0.25, -0.2) is 10.9 Å². The zero-order chi connectivity index (χ0) is 18.6. The Labute approximate surface area is 165 Å². The topological polar surface area (TPSA) is 83.9 Å². The number of aromatic nitrogens is 3. The van der Waals surface area contributed by atoms with Gasteiger partial charge < -0.3 is 4.57 Å². The van der Waals surface area contributed by atoms with Crippen molar-refractivity contribution < 1.29 is 0 Å². The molecular formula is C18H19ClN6OS. The summed E-state index contributed by atoms with van der Waals surface area (Å²) in [4.78, 5) is 14.0. The van der Waals surface area contributed by atoms with Gasteiger partial charge in [0.05, 0.1) is 28.8 Å². The molecule has 1 aliphatic heterocycles. The Bertz CT molecular complexity index is 960. The summed E-state index contributed by atoms with van der Waals surface area (Å²) in [5, 5.41) is 11.4. The van der Waals surface area contributed by atoms with Gasteiger partial charge in [0.25, 0.3) is 5.56 Å². The lowest BCUT2D eigenvalue weighted by Crippen LogP contribution is -2.40. The second-order valence-corrected chi connectivity index (χ2v) is 8.13. The Morgan fingerprint density at radius 1 is 1.26 bits per heavy atom. The van der Waals surface area contributed by atoms with Gasteiger partial charge in [-0.2, -0.15) is 10.2 Å². The first kappa shape index (κ1) is 18.3. The van der Waals surface area contributed by atoms with Crippen molar-refractivity contribution in [2.75, 3.05) is 0 Å². The SMILES string of the molecule is O=c1c(C2CC(NCc3ccc(Cl)s3)NN2)cccn1Cc1cccnn1. The molecule has 27 heavy (non-hydrogen) atoms. The number of rotatable bonds is 6. The average Bonchev–Trinajstić information content (AvgIpc) is 3.31. The third kappa shape index (κ3) is 4.42. The van der Waals surface area contributed by atoms with Gasteiger partial charge >= 0.3 is 0 Å². The van der Waals surface area contributed by atoms with E-state index in [0.717, 1.165) is 28.6 Å². The lowest BCUT2D eigenvalue weighted by molar-refractivity contribution is 0.459. The van der Waals surface area contributed by atoms with E-state index in [4.69, 9.17) is 11.6 Å². The Kier molecular flexibility index (Phi) is 5.61. The number of thiophene rings is 1. The van der Waals surface area contributed by atoms with Gasteiger partial charge in [0.15, 0.2) is 0 Å². The molecule has 3 aromatic heterocycles. The van der Waals surface area contributed by atoms with Gasteiger partial charge in [-0.15, -0.1) is 11.3 Å². The number of hydrazine groups is 1. The highest BCUT2D eigenvalue weighted by molar-refractivity contribution is 7.16. The standard InChI is InChI=1S/C18H19ClN6OS/c19-16-6-5-13(27-16)10-20-17-9-15(23-24-17)14-4-2-8-25(18(14)26)11-12-3-1-7-21-22-12/h1-8,15,17,20,23-24H,9-11H2. The van der Waals surface area contributed by atoms with Gasteiger partial charge in [-0.3, -0.25) is 10.1 Å². The van der Waals surface area contributed by atoms with E-state index < -0.39 is 0 Å². The molecule has 0 amide bonds. The minimum atomic E-state index is -0.0590. The summed E-state index contributed by atoms with van der Waals surface area (Å²) in [6, 6.07) is 11.3. The van der Waals surface area contributed by atoms with Crippen LogP contribution >= 0.6 is 22.9 Å². The van der Waals surface area contributed by atoms with Crippen molar-refractivity contribution in [2.24, 2.45) is 0 Å². The van der Waals surface area contributed by atoms with Crippen LogP contribution in [0.25, 0.3) is 0 Å². The molecule has 140 valence electrons. The molecule has 7 nitrogen and oxygen atoms in total. The predicted octanol–water partition coefficient (Wildman–Crippen LogP) is 2.06. The molecular weight excluding hydrogens is 384 g/mol. The first-order valence-corrected chi connectivity index (χ1v) is 9.83. The molecule has 0 bridgehead atoms. The van der Waals surface area contributed by atoms with E-state index in [1.807, 2.05) is 36.4 Å². The molecule has 1 fully saturated rings. The third-order valence-electron chi connectivity index (χ3n) is 4.44. The summed E-state index contributed by atoms with van der Waals surface area (Å²) < 4.78 is 2.45. The molecule has 0 aromatic carbocycles. The van der Waals surface area contributed by atoms with E-state index in [2.05, 4.69) is 26.4 Å². The van der Waals surface area contributed by atoms with Gasteiger partial charge in [0.1, 0.15) is 0 Å². The summed E-state index contributed by atoms with van der Waals surface area (Å²) in [6.07, 6.45) is 4.24. The summed E-state index contributed by atoms with van der Waals surface area (Å²) in [5.74, 6) is 0. The van der Waals surface area contributed by atoms with E-state index in [9.17, 15) is 4.79 Å². The monoisotopic (exact) mass is 402 g/mol. The Hall–Kier alpha value is -2.10. The van der Waals surface area contributed by atoms with E-state index in [0.29, 0.717) is 6.54 Å². The van der Waals surface area contributed by atoms with Crippen LogP contribution in [-0.4, -0.2) is 20.9 Å². The minimum Gasteiger partial charge on any atom is -0.309 e. The predicted molar refractivity (Wildman–Crippen MR) is 105 cm³/mol. The molecule has 4 rings (SSSR count). The lowest BCUT2D eigenvalue weighted by atomic mass is 10.1. The summed E-state index contributed by atoms with van der Waals surface area (Å²) in [6.45, 7) is 1.14. The van der Waals surface area contributed by atoms with Crippen molar-refractivity contribution in [1.29, 1.82) is 0 Å². The van der Waals surface area contributed by atoms with E-state index in [1.165, 1.54) is 4.88 Å². The highest BCUT2D eigenvalue weighted by Crippen LogP contribution is 2.22. The maximum Gasteiger partial charge on any atom is 0.255 e. The molecule has 1 saturated heterocycles. The van der Waals surface area contributed by atoms with Crippen LogP contribution < -0.4 is 21.7 Å². The van der Waals surface area contributed by atoms with E-state index in [1.54, 1.807) is 28.3 Å². The van der Waals surface area contributed by atoms with Gasteiger partial charge in [-0.1, -0.05) is 17.7 Å². The molecule has 2 unspecified atom stereocenters. The van der Waals surface area contributed by atoms with Gasteiger partial charge in [-0.05, 0) is 36.8 Å². The van der Waals surface area contributed by atoms with Crippen LogP contribution in [0.1, 0.15) is 28.6 Å². The molecule has 3 N–H and O–H groups in total. The van der Waals surface area contributed by atoms with Crippen LogP contribution in [0.3, 0.4) is 0 Å². The molecule has 0 saturated carbocycles. The van der Waals surface area contributed by atoms with Crippen LogP contribution in [0.2, 0.25) is 4.34 Å². The Morgan fingerprint density at radius 2 is 2.19 bits per heavy atom. The molecule has 0 radical (unpaired) electrons. The van der Waals surface area contributed by atoms with E-state index in [-0.39, 0.29) is 17.8 Å². The van der Waals surface area contributed by atoms with Crippen LogP contribution in [0, 0.1) is 0 Å². The minimum absolute atomic E-state index is 0.0202. The second kappa shape index (κ2) is 8.28. The molecule has 0 aliphatic carbocycles. The summed E-state index contributed by atoms with van der Waals surface area (Å²) in [7, 11) is 0. The lowest BCUT2D eigenvalue weighted by Gasteiger charge is -2.12. The number of nitrogens with zero attached hydrogens (tertiary/aromatic N) is 3. The number of hydrogen-bond acceptors (Lipinski definition) is 7. The molecule has 0 spiro atoms. The van der Waals surface area contributed by atoms with Crippen molar-refractivity contribution >= 4 is 22.9 Å². The molecule has 3 aromatic rings. The van der Waals surface area contributed by atoms with Crippen molar-refractivity contribution in [1.82, 2.24) is 30.9 Å². The van der Waals surface area contributed by atoms with Crippen molar-refractivity contribution in [3.8, 4) is 0 Å². The smallest absolute Gasteiger partial charge is 0.255 e. The van der Waals surface area contributed by atoms with Crippen molar-refractivity contribution in [3.63, 3.8) is 0 Å². The average molecular weight is 403 g/mol. The quantitative estimate of drug-likeness (QED) is 0.585. The van der Waals surface area contributed by atoms with Gasteiger partial charge in [0, 0.05) is 29.4 Å². The summed E-state index contributed by atoms with van der Waals surface area (Å²) >= 11 is 7.53. The maximum atomic E-state index is 12.9. The van der Waals surface area contributed by atoms with E-state index >= 15 is 0 Å². The van der Waals surface area contributed by atoms with Crippen LogP contribution in [0.4, 0.5) is 0 Å². The normalized spacial score (nSPS) is 19.4. The third-order valence-corrected chi connectivity index (χ3v) is 5.67. The largest absolute Gasteiger partial charge is 0.309 e. The van der Waals surface area contributed by atoms with Crippen molar-refractivity contribution in [2.45, 2.75) is 31.7 Å². The fourth-order valence-electron chi connectivity index (χ4n) is 3.10. The first-order valence-electron chi connectivity index (χ1n) is 8.63. The number of pyridine rings is 1. The van der Waals surface area contributed by atoms with Gasteiger partial charge in [0.2, 0.25) is 0 Å². The molecule has 4 heterocycles. The number of nitrogens with one attached hydrogen (secondary N) is 3.